The van der Waals surface area contributed by atoms with Crippen LogP contribution in [0.5, 0.6) is 0 Å². The number of hydrogen-bond donors (Lipinski definition) is 0. The Bertz CT molecular complexity index is 1580. The Morgan fingerprint density at radius 1 is 0.259 bits per heavy atom. The van der Waals surface area contributed by atoms with Crippen molar-refractivity contribution in [1.29, 1.82) is 0 Å². The maximum atomic E-state index is 12.9. The van der Waals surface area contributed by atoms with Crippen molar-refractivity contribution in [2.24, 2.45) is 0 Å². The van der Waals surface area contributed by atoms with Gasteiger partial charge in [0, 0.05) is 19.3 Å². The summed E-state index contributed by atoms with van der Waals surface area (Å²) in [5.74, 6) is -0.914. The summed E-state index contributed by atoms with van der Waals surface area (Å²) in [7, 11) is 0. The summed E-state index contributed by atoms with van der Waals surface area (Å²) in [5.41, 5.74) is 0. The van der Waals surface area contributed by atoms with Gasteiger partial charge in [0.1, 0.15) is 13.2 Å². The van der Waals surface area contributed by atoms with Crippen molar-refractivity contribution in [3.8, 4) is 0 Å². The van der Waals surface area contributed by atoms with Crippen molar-refractivity contribution in [2.45, 2.75) is 348 Å². The van der Waals surface area contributed by atoms with E-state index in [2.05, 4.69) is 118 Å². The standard InChI is InChI=1S/C75H130O6/c1-4-7-10-13-16-19-22-25-28-31-33-34-35-36-37-38-39-40-42-44-47-50-53-56-59-62-65-68-74(77)80-71-72(70-79-73(76)67-64-61-58-55-52-49-46-43-30-27-24-21-18-15-12-9-6-3)81-75(78)69-66-63-60-57-54-51-48-45-41-32-29-26-23-20-17-14-11-8-5-2/h8,11,17,20,22,25-27,29-31,33,41,45,51,54,72H,4-7,9-10,12-16,18-19,21,23-24,28,32,34-40,42-44,46-50,52-53,55-71H2,1-3H3/b11-8-,20-17-,25-22-,29-26-,30-27-,33-31-,45-41-,54-51-. The Morgan fingerprint density at radius 2 is 0.481 bits per heavy atom. The summed E-state index contributed by atoms with van der Waals surface area (Å²) in [4.78, 5) is 38.4. The van der Waals surface area contributed by atoms with Crippen LogP contribution in [-0.4, -0.2) is 37.2 Å². The van der Waals surface area contributed by atoms with Gasteiger partial charge >= 0.3 is 17.9 Å². The van der Waals surface area contributed by atoms with Crippen LogP contribution in [0.2, 0.25) is 0 Å². The number of hydrogen-bond acceptors (Lipinski definition) is 6. The lowest BCUT2D eigenvalue weighted by Crippen LogP contribution is -2.30. The van der Waals surface area contributed by atoms with Crippen LogP contribution in [0.4, 0.5) is 0 Å². The summed E-state index contributed by atoms with van der Waals surface area (Å²) in [6, 6.07) is 0. The molecular formula is C75H130O6. The van der Waals surface area contributed by atoms with Crippen molar-refractivity contribution in [3.05, 3.63) is 97.2 Å². The largest absolute Gasteiger partial charge is 0.462 e. The number of ether oxygens (including phenoxy) is 3. The van der Waals surface area contributed by atoms with Gasteiger partial charge in [-0.25, -0.2) is 0 Å². The summed E-state index contributed by atoms with van der Waals surface area (Å²) in [5, 5.41) is 0. The average Bonchev–Trinajstić information content (AvgIpc) is 3.47. The molecule has 81 heavy (non-hydrogen) atoms. The van der Waals surface area contributed by atoms with Gasteiger partial charge in [-0.3, -0.25) is 14.4 Å². The Balaban J connectivity index is 4.36. The van der Waals surface area contributed by atoms with E-state index in [4.69, 9.17) is 14.2 Å². The summed E-state index contributed by atoms with van der Waals surface area (Å²) < 4.78 is 17.0. The second kappa shape index (κ2) is 68.8. The van der Waals surface area contributed by atoms with Crippen molar-refractivity contribution >= 4 is 17.9 Å². The normalized spacial score (nSPS) is 12.7. The van der Waals surface area contributed by atoms with Gasteiger partial charge in [-0.1, -0.05) is 298 Å². The zero-order valence-electron chi connectivity index (χ0n) is 53.5. The molecule has 1 unspecified atom stereocenters. The first-order chi connectivity index (χ1) is 40.0. The van der Waals surface area contributed by atoms with Gasteiger partial charge in [0.05, 0.1) is 0 Å². The lowest BCUT2D eigenvalue weighted by Gasteiger charge is -2.18. The molecule has 466 valence electrons. The quantitative estimate of drug-likeness (QED) is 0.0261. The molecule has 0 rings (SSSR count). The highest BCUT2D eigenvalue weighted by Gasteiger charge is 2.19. The van der Waals surface area contributed by atoms with Gasteiger partial charge in [-0.2, -0.15) is 0 Å². The maximum absolute atomic E-state index is 12.9. The molecule has 0 fully saturated rings. The van der Waals surface area contributed by atoms with E-state index in [1.807, 2.05) is 0 Å². The molecule has 0 radical (unpaired) electrons. The predicted octanol–water partition coefficient (Wildman–Crippen LogP) is 24.0. The van der Waals surface area contributed by atoms with Crippen LogP contribution in [0.1, 0.15) is 342 Å². The highest BCUT2D eigenvalue weighted by Crippen LogP contribution is 2.17. The van der Waals surface area contributed by atoms with E-state index in [0.29, 0.717) is 12.8 Å². The van der Waals surface area contributed by atoms with Crippen LogP contribution in [0, 0.1) is 0 Å². The molecular weight excluding hydrogens is 997 g/mol. The van der Waals surface area contributed by atoms with E-state index >= 15 is 0 Å². The van der Waals surface area contributed by atoms with Crippen LogP contribution < -0.4 is 0 Å². The molecule has 0 saturated carbocycles. The van der Waals surface area contributed by atoms with Crippen molar-refractivity contribution in [2.75, 3.05) is 13.2 Å². The Labute approximate surface area is 502 Å². The number of unbranched alkanes of at least 4 members (excludes halogenated alkanes) is 36. The monoisotopic (exact) mass is 1130 g/mol. The molecule has 0 heterocycles. The topological polar surface area (TPSA) is 78.9 Å². The van der Waals surface area contributed by atoms with Gasteiger partial charge in [0.25, 0.3) is 0 Å². The van der Waals surface area contributed by atoms with Crippen molar-refractivity contribution < 1.29 is 28.6 Å². The average molecular weight is 1130 g/mol. The van der Waals surface area contributed by atoms with E-state index < -0.39 is 6.10 Å². The molecule has 0 aliphatic heterocycles. The molecule has 0 N–H and O–H groups in total. The number of carbonyl (C=O) groups excluding carboxylic acids is 3. The van der Waals surface area contributed by atoms with Crippen LogP contribution >= 0.6 is 0 Å². The molecule has 0 aromatic heterocycles. The molecule has 6 nitrogen and oxygen atoms in total. The number of allylic oxidation sites excluding steroid dienone is 16. The second-order valence-electron chi connectivity index (χ2n) is 23.1. The summed E-state index contributed by atoms with van der Waals surface area (Å²) in [6.07, 6.45) is 92.8. The first kappa shape index (κ1) is 77.3. The smallest absolute Gasteiger partial charge is 0.306 e. The molecule has 0 spiro atoms. The Morgan fingerprint density at radius 3 is 0.778 bits per heavy atom. The zero-order chi connectivity index (χ0) is 58.5. The molecule has 1 atom stereocenters. The molecule has 0 amide bonds. The van der Waals surface area contributed by atoms with Gasteiger partial charge in [-0.05, 0) is 122 Å². The highest BCUT2D eigenvalue weighted by atomic mass is 16.6. The third-order valence-corrected chi connectivity index (χ3v) is 15.0. The molecule has 0 aromatic rings. The van der Waals surface area contributed by atoms with Crippen LogP contribution in [0.15, 0.2) is 97.2 Å². The fourth-order valence-corrected chi connectivity index (χ4v) is 9.85. The Kier molecular flexibility index (Phi) is 65.7. The molecule has 0 bridgehead atoms. The lowest BCUT2D eigenvalue weighted by atomic mass is 10.0. The van der Waals surface area contributed by atoms with Gasteiger partial charge in [0.15, 0.2) is 6.10 Å². The Hall–Kier alpha value is -3.67. The first-order valence-electron chi connectivity index (χ1n) is 34.7. The molecule has 0 aliphatic rings. The third kappa shape index (κ3) is 67.0. The second-order valence-corrected chi connectivity index (χ2v) is 23.1. The number of carbonyl (C=O) groups is 3. The van der Waals surface area contributed by atoms with Crippen LogP contribution in [0.3, 0.4) is 0 Å². The van der Waals surface area contributed by atoms with E-state index in [0.717, 1.165) is 103 Å². The minimum Gasteiger partial charge on any atom is -0.462 e. The summed E-state index contributed by atoms with van der Waals surface area (Å²) >= 11 is 0. The minimum atomic E-state index is -0.799. The van der Waals surface area contributed by atoms with E-state index in [9.17, 15) is 14.4 Å². The van der Waals surface area contributed by atoms with Crippen LogP contribution in [0.25, 0.3) is 0 Å². The van der Waals surface area contributed by atoms with Gasteiger partial charge in [0.2, 0.25) is 0 Å². The van der Waals surface area contributed by atoms with E-state index in [1.54, 1.807) is 0 Å². The fraction of sp³-hybridized carbons (Fsp3) is 0.747. The van der Waals surface area contributed by atoms with E-state index in [1.165, 1.54) is 199 Å². The zero-order valence-corrected chi connectivity index (χ0v) is 53.5. The minimum absolute atomic E-state index is 0.0908. The van der Waals surface area contributed by atoms with Gasteiger partial charge < -0.3 is 14.2 Å². The highest BCUT2D eigenvalue weighted by molar-refractivity contribution is 5.71. The number of rotatable bonds is 63. The molecule has 0 aromatic carbocycles. The lowest BCUT2D eigenvalue weighted by molar-refractivity contribution is -0.167. The molecule has 0 aliphatic carbocycles. The fourth-order valence-electron chi connectivity index (χ4n) is 9.85. The molecule has 0 saturated heterocycles. The maximum Gasteiger partial charge on any atom is 0.306 e. The number of esters is 3. The predicted molar refractivity (Wildman–Crippen MR) is 353 cm³/mol. The van der Waals surface area contributed by atoms with E-state index in [-0.39, 0.29) is 37.5 Å². The molecule has 6 heteroatoms. The van der Waals surface area contributed by atoms with Crippen molar-refractivity contribution in [1.82, 2.24) is 0 Å². The van der Waals surface area contributed by atoms with Gasteiger partial charge in [-0.15, -0.1) is 0 Å². The first-order valence-corrected chi connectivity index (χ1v) is 34.7. The summed E-state index contributed by atoms with van der Waals surface area (Å²) in [6.45, 7) is 6.52. The van der Waals surface area contributed by atoms with Crippen molar-refractivity contribution in [3.63, 3.8) is 0 Å². The van der Waals surface area contributed by atoms with Crippen LogP contribution in [-0.2, 0) is 28.6 Å². The SMILES string of the molecule is CC/C=C\C/C=C\C/C=C\C/C=C\C/C=C\CCCCCC(=O)OC(COC(=O)CCCCCCCCC/C=C\CCCCCCCC)COC(=O)CCCCCCCCCCCCCCCCC/C=C\C/C=C\CCCCCCC. The third-order valence-electron chi connectivity index (χ3n) is 15.0.